The topological polar surface area (TPSA) is 42.9 Å². The molecule has 0 unspecified atom stereocenters. The van der Waals surface area contributed by atoms with Crippen molar-refractivity contribution < 1.29 is 4.79 Å². The first-order chi connectivity index (χ1) is 6.34. The zero-order valence-corrected chi connectivity index (χ0v) is 8.64. The van der Waals surface area contributed by atoms with Gasteiger partial charge in [-0.25, -0.2) is 0 Å². The van der Waals surface area contributed by atoms with E-state index in [1.54, 1.807) is 5.38 Å². The largest absolute Gasteiger partial charge is 0.292 e. The van der Waals surface area contributed by atoms with Gasteiger partial charge in [-0.15, -0.1) is 5.10 Å². The van der Waals surface area contributed by atoms with Crippen LogP contribution in [0.1, 0.15) is 49.5 Å². The first-order valence-corrected chi connectivity index (χ1v) is 5.48. The van der Waals surface area contributed by atoms with Crippen molar-refractivity contribution in [2.45, 2.75) is 39.0 Å². The Balaban J connectivity index is 2.19. The fourth-order valence-corrected chi connectivity index (χ4v) is 1.59. The van der Waals surface area contributed by atoms with Crippen LogP contribution >= 0.6 is 11.5 Å². The van der Waals surface area contributed by atoms with Crippen LogP contribution in [0.4, 0.5) is 0 Å². The van der Waals surface area contributed by atoms with Gasteiger partial charge in [-0.05, 0) is 18.0 Å². The first-order valence-electron chi connectivity index (χ1n) is 4.65. The average molecular weight is 198 g/mol. The molecule has 0 saturated heterocycles. The van der Waals surface area contributed by atoms with Gasteiger partial charge >= 0.3 is 0 Å². The Morgan fingerprint density at radius 2 is 2.31 bits per heavy atom. The monoisotopic (exact) mass is 198 g/mol. The average Bonchev–Trinajstić information content (AvgIpc) is 2.65. The predicted molar refractivity (Wildman–Crippen MR) is 53.0 cm³/mol. The van der Waals surface area contributed by atoms with E-state index in [-0.39, 0.29) is 5.78 Å². The van der Waals surface area contributed by atoms with Gasteiger partial charge in [0.25, 0.3) is 0 Å². The van der Waals surface area contributed by atoms with Gasteiger partial charge in [0.05, 0.1) is 0 Å². The Kier molecular flexibility index (Phi) is 4.60. The van der Waals surface area contributed by atoms with E-state index >= 15 is 0 Å². The number of nitrogens with zero attached hydrogens (tertiary/aromatic N) is 2. The molecular formula is C9H14N2OS. The standard InChI is InChI=1S/C9H14N2OS/c1-2-3-4-5-6-9(12)8-7-13-11-10-8/h7H,2-6H2,1H3. The van der Waals surface area contributed by atoms with Crippen LogP contribution in [0, 0.1) is 0 Å². The van der Waals surface area contributed by atoms with Gasteiger partial charge < -0.3 is 0 Å². The minimum absolute atomic E-state index is 0.129. The lowest BCUT2D eigenvalue weighted by molar-refractivity contribution is 0.0974. The van der Waals surface area contributed by atoms with Crippen LogP contribution in [0.15, 0.2) is 5.38 Å². The molecule has 0 aliphatic carbocycles. The fraction of sp³-hybridized carbons (Fsp3) is 0.667. The highest BCUT2D eigenvalue weighted by Gasteiger charge is 2.07. The van der Waals surface area contributed by atoms with Crippen LogP contribution in [0.25, 0.3) is 0 Å². The Morgan fingerprint density at radius 1 is 1.46 bits per heavy atom. The van der Waals surface area contributed by atoms with Gasteiger partial charge in [-0.3, -0.25) is 4.79 Å². The number of hydrogen-bond donors (Lipinski definition) is 0. The molecule has 4 heteroatoms. The van der Waals surface area contributed by atoms with E-state index in [2.05, 4.69) is 16.5 Å². The van der Waals surface area contributed by atoms with Crippen molar-refractivity contribution in [3.63, 3.8) is 0 Å². The molecule has 1 heterocycles. The van der Waals surface area contributed by atoms with E-state index in [0.717, 1.165) is 12.8 Å². The summed E-state index contributed by atoms with van der Waals surface area (Å²) in [4.78, 5) is 11.4. The Bertz CT molecular complexity index is 246. The Hall–Kier alpha value is -0.770. The highest BCUT2D eigenvalue weighted by Crippen LogP contribution is 2.07. The maximum atomic E-state index is 11.4. The molecule has 1 aromatic rings. The molecule has 3 nitrogen and oxygen atoms in total. The van der Waals surface area contributed by atoms with E-state index in [9.17, 15) is 4.79 Å². The maximum absolute atomic E-state index is 11.4. The van der Waals surface area contributed by atoms with E-state index in [1.807, 2.05) is 0 Å². The molecule has 1 rings (SSSR count). The normalized spacial score (nSPS) is 10.2. The summed E-state index contributed by atoms with van der Waals surface area (Å²) in [7, 11) is 0. The smallest absolute Gasteiger partial charge is 0.183 e. The van der Waals surface area contributed by atoms with E-state index < -0.39 is 0 Å². The molecule has 0 aromatic carbocycles. The molecule has 1 aromatic heterocycles. The van der Waals surface area contributed by atoms with E-state index in [0.29, 0.717) is 12.1 Å². The van der Waals surface area contributed by atoms with E-state index in [4.69, 9.17) is 0 Å². The molecule has 0 aliphatic heterocycles. The number of rotatable bonds is 6. The van der Waals surface area contributed by atoms with Crippen molar-refractivity contribution >= 4 is 17.3 Å². The number of carbonyl (C=O) groups is 1. The molecule has 0 radical (unpaired) electrons. The number of ketones is 1. The van der Waals surface area contributed by atoms with Crippen LogP contribution in [-0.2, 0) is 0 Å². The summed E-state index contributed by atoms with van der Waals surface area (Å²) >= 11 is 1.23. The molecule has 72 valence electrons. The van der Waals surface area contributed by atoms with Gasteiger partial charge in [-0.1, -0.05) is 30.7 Å². The maximum Gasteiger partial charge on any atom is 0.183 e. The molecule has 0 fully saturated rings. The lowest BCUT2D eigenvalue weighted by Gasteiger charge is -1.96. The summed E-state index contributed by atoms with van der Waals surface area (Å²) in [5, 5.41) is 5.44. The molecule has 0 amide bonds. The van der Waals surface area contributed by atoms with Crippen LogP contribution < -0.4 is 0 Å². The van der Waals surface area contributed by atoms with Crippen molar-refractivity contribution in [1.82, 2.24) is 9.59 Å². The third-order valence-corrected chi connectivity index (χ3v) is 2.41. The molecule has 0 saturated carbocycles. The minimum Gasteiger partial charge on any atom is -0.292 e. The molecule has 0 atom stereocenters. The molecule has 0 bridgehead atoms. The second-order valence-corrected chi connectivity index (χ2v) is 3.63. The van der Waals surface area contributed by atoms with Gasteiger partial charge in [0.2, 0.25) is 0 Å². The quantitative estimate of drug-likeness (QED) is 0.521. The zero-order valence-electron chi connectivity index (χ0n) is 7.82. The molecule has 0 spiro atoms. The highest BCUT2D eigenvalue weighted by atomic mass is 32.1. The van der Waals surface area contributed by atoms with Crippen molar-refractivity contribution in [3.8, 4) is 0 Å². The van der Waals surface area contributed by atoms with Gasteiger partial charge in [0, 0.05) is 11.8 Å². The van der Waals surface area contributed by atoms with Crippen molar-refractivity contribution in [2.24, 2.45) is 0 Å². The summed E-state index contributed by atoms with van der Waals surface area (Å²) in [6.07, 6.45) is 5.14. The fourth-order valence-electron chi connectivity index (χ4n) is 1.13. The van der Waals surface area contributed by atoms with Crippen LogP contribution in [0.3, 0.4) is 0 Å². The Morgan fingerprint density at radius 3 is 2.92 bits per heavy atom. The van der Waals surface area contributed by atoms with Crippen molar-refractivity contribution in [2.75, 3.05) is 0 Å². The Labute approximate surface area is 82.3 Å². The number of aromatic nitrogens is 2. The highest BCUT2D eigenvalue weighted by molar-refractivity contribution is 7.03. The van der Waals surface area contributed by atoms with Crippen LogP contribution in [-0.4, -0.2) is 15.4 Å². The van der Waals surface area contributed by atoms with E-state index in [1.165, 1.54) is 24.4 Å². The minimum atomic E-state index is 0.129. The van der Waals surface area contributed by atoms with Gasteiger partial charge in [0.15, 0.2) is 5.78 Å². The summed E-state index contributed by atoms with van der Waals surface area (Å²) in [6, 6.07) is 0. The second kappa shape index (κ2) is 5.80. The first kappa shape index (κ1) is 10.3. The van der Waals surface area contributed by atoms with Crippen molar-refractivity contribution in [3.05, 3.63) is 11.1 Å². The van der Waals surface area contributed by atoms with Gasteiger partial charge in [0.1, 0.15) is 5.69 Å². The SMILES string of the molecule is CCCCCCC(=O)c1csnn1. The third-order valence-electron chi connectivity index (χ3n) is 1.90. The zero-order chi connectivity index (χ0) is 9.52. The van der Waals surface area contributed by atoms with Crippen molar-refractivity contribution in [1.29, 1.82) is 0 Å². The summed E-state index contributed by atoms with van der Waals surface area (Å²) in [5.74, 6) is 0.129. The number of carbonyl (C=O) groups excluding carboxylic acids is 1. The van der Waals surface area contributed by atoms with Gasteiger partial charge in [-0.2, -0.15) is 0 Å². The lowest BCUT2D eigenvalue weighted by Crippen LogP contribution is -1.99. The number of unbranched alkanes of at least 4 members (excludes halogenated alkanes) is 3. The summed E-state index contributed by atoms with van der Waals surface area (Å²) in [5.41, 5.74) is 0.529. The third kappa shape index (κ3) is 3.63. The summed E-state index contributed by atoms with van der Waals surface area (Å²) < 4.78 is 3.66. The predicted octanol–water partition coefficient (Wildman–Crippen LogP) is 2.69. The van der Waals surface area contributed by atoms with Crippen LogP contribution in [0.5, 0.6) is 0 Å². The second-order valence-electron chi connectivity index (χ2n) is 3.02. The number of hydrogen-bond acceptors (Lipinski definition) is 4. The molecular weight excluding hydrogens is 184 g/mol. The number of Topliss-reactive ketones (excluding diaryl/α,β-unsaturated/α-hetero) is 1. The summed E-state index contributed by atoms with van der Waals surface area (Å²) in [6.45, 7) is 2.16. The molecule has 0 aliphatic rings. The molecule has 0 N–H and O–H groups in total. The lowest BCUT2D eigenvalue weighted by atomic mass is 10.1. The molecule has 13 heavy (non-hydrogen) atoms. The van der Waals surface area contributed by atoms with Crippen LogP contribution in [0.2, 0.25) is 0 Å².